The van der Waals surface area contributed by atoms with Crippen LogP contribution in [0.25, 0.3) is 33.3 Å². The largest absolute Gasteiger partial charge is 0.456 e. The second-order valence-electron chi connectivity index (χ2n) is 8.34. The topological polar surface area (TPSA) is 97.2 Å². The molecule has 2 heterocycles. The molecule has 0 aliphatic heterocycles. The summed E-state index contributed by atoms with van der Waals surface area (Å²) in [6.45, 7) is 7.26. The minimum atomic E-state index is -0.574. The molecular weight excluding hydrogens is 462 g/mol. The van der Waals surface area contributed by atoms with Crippen LogP contribution in [0.4, 0.5) is 4.79 Å². The highest BCUT2D eigenvalue weighted by atomic mass is 79.9. The fourth-order valence-corrected chi connectivity index (χ4v) is 3.58. The molecular formula is C23H22BrN3O4. The zero-order chi connectivity index (χ0) is 22.3. The SMILES string of the molecule is C[C@H](NC(=O)OC(C)(C)C)c1cnc(-c2ccc3oc4cc(Br)ccc4c(=O)c3c2)[nH]1. The van der Waals surface area contributed by atoms with Gasteiger partial charge >= 0.3 is 6.09 Å². The molecule has 2 aromatic carbocycles. The summed E-state index contributed by atoms with van der Waals surface area (Å²) in [6, 6.07) is 10.4. The van der Waals surface area contributed by atoms with E-state index in [1.165, 1.54) is 0 Å². The van der Waals surface area contributed by atoms with Gasteiger partial charge in [-0.25, -0.2) is 9.78 Å². The quantitative estimate of drug-likeness (QED) is 0.365. The Hall–Kier alpha value is -3.13. The molecule has 0 spiro atoms. The van der Waals surface area contributed by atoms with Gasteiger partial charge in [-0.05, 0) is 64.1 Å². The van der Waals surface area contributed by atoms with E-state index in [9.17, 15) is 9.59 Å². The molecule has 2 N–H and O–H groups in total. The first kappa shape index (κ1) is 21.1. The zero-order valence-electron chi connectivity index (χ0n) is 17.6. The number of alkyl carbamates (subject to hydrolysis) is 1. The van der Waals surface area contributed by atoms with Crippen molar-refractivity contribution >= 4 is 44.0 Å². The first-order valence-electron chi connectivity index (χ1n) is 9.81. The summed E-state index contributed by atoms with van der Waals surface area (Å²) in [4.78, 5) is 32.6. The predicted octanol–water partition coefficient (Wildman–Crippen LogP) is 5.68. The molecule has 0 aliphatic carbocycles. The molecule has 1 amide bonds. The third kappa shape index (κ3) is 4.49. The van der Waals surface area contributed by atoms with E-state index in [1.807, 2.05) is 39.8 Å². The van der Waals surface area contributed by atoms with Crippen LogP contribution in [0.1, 0.15) is 39.4 Å². The Balaban J connectivity index is 1.64. The number of aromatic amines is 1. The molecule has 0 saturated carbocycles. The number of rotatable bonds is 3. The minimum Gasteiger partial charge on any atom is -0.456 e. The summed E-state index contributed by atoms with van der Waals surface area (Å²) in [5.74, 6) is 0.588. The number of halogens is 1. The van der Waals surface area contributed by atoms with E-state index in [1.54, 1.807) is 30.5 Å². The molecule has 2 aromatic heterocycles. The fourth-order valence-electron chi connectivity index (χ4n) is 3.24. The van der Waals surface area contributed by atoms with Crippen LogP contribution in [0, 0.1) is 0 Å². The number of aromatic nitrogens is 2. The Morgan fingerprint density at radius 2 is 1.94 bits per heavy atom. The smallest absolute Gasteiger partial charge is 0.408 e. The maximum atomic E-state index is 13.0. The molecule has 4 rings (SSSR count). The zero-order valence-corrected chi connectivity index (χ0v) is 19.2. The molecule has 7 nitrogen and oxygen atoms in total. The van der Waals surface area contributed by atoms with Crippen molar-refractivity contribution in [1.82, 2.24) is 15.3 Å². The normalized spacial score (nSPS) is 12.8. The minimum absolute atomic E-state index is 0.0997. The maximum Gasteiger partial charge on any atom is 0.408 e. The number of imidazole rings is 1. The lowest BCUT2D eigenvalue weighted by atomic mass is 10.1. The number of carbonyl (C=O) groups excluding carboxylic acids is 1. The van der Waals surface area contributed by atoms with Crippen molar-refractivity contribution in [2.75, 3.05) is 0 Å². The Morgan fingerprint density at radius 3 is 2.68 bits per heavy atom. The number of H-pyrrole nitrogens is 1. The van der Waals surface area contributed by atoms with Crippen molar-refractivity contribution in [2.24, 2.45) is 0 Å². The number of fused-ring (bicyclic) bond motifs is 2. The van der Waals surface area contributed by atoms with E-state index in [0.717, 1.165) is 15.7 Å². The lowest BCUT2D eigenvalue weighted by molar-refractivity contribution is 0.0507. The number of ether oxygens (including phenoxy) is 1. The number of amides is 1. The van der Waals surface area contributed by atoms with Gasteiger partial charge in [0.15, 0.2) is 0 Å². The summed E-state index contributed by atoms with van der Waals surface area (Å²) in [5, 5.41) is 3.77. The molecule has 0 aliphatic rings. The van der Waals surface area contributed by atoms with Crippen molar-refractivity contribution in [1.29, 1.82) is 0 Å². The van der Waals surface area contributed by atoms with Crippen LogP contribution >= 0.6 is 15.9 Å². The van der Waals surface area contributed by atoms with Gasteiger partial charge < -0.3 is 19.5 Å². The highest BCUT2D eigenvalue weighted by Crippen LogP contribution is 2.26. The van der Waals surface area contributed by atoms with Crippen LogP contribution in [0.2, 0.25) is 0 Å². The summed E-state index contributed by atoms with van der Waals surface area (Å²) < 4.78 is 12.0. The molecule has 0 saturated heterocycles. The maximum absolute atomic E-state index is 13.0. The van der Waals surface area contributed by atoms with Gasteiger partial charge in [-0.15, -0.1) is 0 Å². The van der Waals surface area contributed by atoms with E-state index in [4.69, 9.17) is 9.15 Å². The molecule has 31 heavy (non-hydrogen) atoms. The van der Waals surface area contributed by atoms with E-state index >= 15 is 0 Å². The van der Waals surface area contributed by atoms with Crippen molar-refractivity contribution < 1.29 is 13.9 Å². The van der Waals surface area contributed by atoms with E-state index in [2.05, 4.69) is 31.2 Å². The first-order valence-corrected chi connectivity index (χ1v) is 10.6. The number of nitrogens with zero attached hydrogens (tertiary/aromatic N) is 1. The summed E-state index contributed by atoms with van der Waals surface area (Å²) in [6.07, 6.45) is 1.15. The Kier molecular flexibility index (Phi) is 5.35. The van der Waals surface area contributed by atoms with Gasteiger partial charge in [0.05, 0.1) is 28.7 Å². The van der Waals surface area contributed by atoms with Crippen molar-refractivity contribution in [3.63, 3.8) is 0 Å². The van der Waals surface area contributed by atoms with Crippen LogP contribution in [-0.4, -0.2) is 21.7 Å². The van der Waals surface area contributed by atoms with Crippen molar-refractivity contribution in [2.45, 2.75) is 39.3 Å². The highest BCUT2D eigenvalue weighted by molar-refractivity contribution is 9.10. The van der Waals surface area contributed by atoms with E-state index < -0.39 is 11.7 Å². The average Bonchev–Trinajstić information content (AvgIpc) is 3.16. The van der Waals surface area contributed by atoms with Crippen LogP contribution in [0.5, 0.6) is 0 Å². The lowest BCUT2D eigenvalue weighted by Gasteiger charge is -2.21. The van der Waals surface area contributed by atoms with Gasteiger partial charge in [0.2, 0.25) is 5.43 Å². The number of carbonyl (C=O) groups is 1. The van der Waals surface area contributed by atoms with Gasteiger partial charge in [0.1, 0.15) is 22.6 Å². The van der Waals surface area contributed by atoms with Crippen molar-refractivity contribution in [3.8, 4) is 11.4 Å². The molecule has 0 unspecified atom stereocenters. The van der Waals surface area contributed by atoms with E-state index in [0.29, 0.717) is 27.8 Å². The molecule has 0 radical (unpaired) electrons. The Morgan fingerprint density at radius 1 is 1.16 bits per heavy atom. The fraction of sp³-hybridized carbons (Fsp3) is 0.261. The summed E-state index contributed by atoms with van der Waals surface area (Å²) in [7, 11) is 0. The summed E-state index contributed by atoms with van der Waals surface area (Å²) in [5.41, 5.74) is 1.82. The Labute approximate surface area is 186 Å². The molecule has 1 atom stereocenters. The number of nitrogens with one attached hydrogen (secondary N) is 2. The number of hydrogen-bond donors (Lipinski definition) is 2. The molecule has 160 valence electrons. The van der Waals surface area contributed by atoms with Crippen molar-refractivity contribution in [3.05, 3.63) is 63.0 Å². The molecule has 8 heteroatoms. The van der Waals surface area contributed by atoms with Gasteiger partial charge in [0, 0.05) is 10.0 Å². The molecule has 0 fully saturated rings. The van der Waals surface area contributed by atoms with Gasteiger partial charge in [-0.2, -0.15) is 0 Å². The highest BCUT2D eigenvalue weighted by Gasteiger charge is 2.19. The average molecular weight is 484 g/mol. The second kappa shape index (κ2) is 7.85. The number of hydrogen-bond acceptors (Lipinski definition) is 5. The van der Waals surface area contributed by atoms with E-state index in [-0.39, 0.29) is 11.5 Å². The number of benzene rings is 2. The van der Waals surface area contributed by atoms with Gasteiger partial charge in [-0.3, -0.25) is 4.79 Å². The first-order chi connectivity index (χ1) is 14.6. The van der Waals surface area contributed by atoms with Crippen LogP contribution in [0.3, 0.4) is 0 Å². The second-order valence-corrected chi connectivity index (χ2v) is 9.25. The van der Waals surface area contributed by atoms with Crippen LogP contribution in [0.15, 0.2) is 56.3 Å². The molecule has 4 aromatic rings. The summed E-state index contributed by atoms with van der Waals surface area (Å²) >= 11 is 3.40. The monoisotopic (exact) mass is 483 g/mol. The third-order valence-electron chi connectivity index (χ3n) is 4.70. The van der Waals surface area contributed by atoms with Gasteiger partial charge in [0.25, 0.3) is 0 Å². The van der Waals surface area contributed by atoms with Crippen LogP contribution < -0.4 is 10.7 Å². The van der Waals surface area contributed by atoms with Crippen LogP contribution in [-0.2, 0) is 4.74 Å². The van der Waals surface area contributed by atoms with Gasteiger partial charge in [-0.1, -0.05) is 15.9 Å². The third-order valence-corrected chi connectivity index (χ3v) is 5.19. The standard InChI is InChI=1S/C23H22BrN3O4/c1-12(26-22(29)31-23(2,3)4)17-11-25-21(27-17)13-5-8-18-16(9-13)20(28)15-7-6-14(24)10-19(15)30-18/h5-12H,1-4H3,(H,25,27)(H,26,29)/t12-/m0/s1. The Bertz CT molecular complexity index is 1350. The predicted molar refractivity (Wildman–Crippen MR) is 123 cm³/mol. The molecule has 0 bridgehead atoms. The lowest BCUT2D eigenvalue weighted by Crippen LogP contribution is -2.34.